The van der Waals surface area contributed by atoms with Crippen LogP contribution in [0.1, 0.15) is 30.9 Å². The highest BCUT2D eigenvalue weighted by atomic mass is 35.5. The lowest BCUT2D eigenvalue weighted by Gasteiger charge is -2.20. The highest BCUT2D eigenvalue weighted by molar-refractivity contribution is 6.31. The van der Waals surface area contributed by atoms with Crippen molar-refractivity contribution in [2.45, 2.75) is 38.5 Å². The molecule has 1 aliphatic rings. The molecule has 0 amide bonds. The van der Waals surface area contributed by atoms with Crippen molar-refractivity contribution in [2.24, 2.45) is 0 Å². The fourth-order valence-corrected chi connectivity index (χ4v) is 2.41. The standard InChI is InChI=1S/C14H17ClN2O/c1-10(14-3-2-6-18-14)17-9-12-5-4-11(8-16)7-13(12)15/h4-5,7,10,14,17H,2-3,6,9H2,1H3. The van der Waals surface area contributed by atoms with Crippen LogP contribution in [-0.2, 0) is 11.3 Å². The van der Waals surface area contributed by atoms with Gasteiger partial charge in [-0.25, -0.2) is 0 Å². The highest BCUT2D eigenvalue weighted by Crippen LogP contribution is 2.19. The van der Waals surface area contributed by atoms with Crippen LogP contribution in [0.2, 0.25) is 5.02 Å². The van der Waals surface area contributed by atoms with E-state index < -0.39 is 0 Å². The highest BCUT2D eigenvalue weighted by Gasteiger charge is 2.21. The van der Waals surface area contributed by atoms with Crippen molar-refractivity contribution in [3.63, 3.8) is 0 Å². The Morgan fingerprint density at radius 1 is 1.61 bits per heavy atom. The topological polar surface area (TPSA) is 45.0 Å². The number of hydrogen-bond donors (Lipinski definition) is 1. The molecule has 2 rings (SSSR count). The fraction of sp³-hybridized carbons (Fsp3) is 0.500. The summed E-state index contributed by atoms with van der Waals surface area (Å²) in [5.41, 5.74) is 1.61. The maximum absolute atomic E-state index is 8.77. The molecule has 2 atom stereocenters. The van der Waals surface area contributed by atoms with Crippen LogP contribution in [0.3, 0.4) is 0 Å². The van der Waals surface area contributed by atoms with Gasteiger partial charge in [-0.2, -0.15) is 5.26 Å². The van der Waals surface area contributed by atoms with Gasteiger partial charge in [0.2, 0.25) is 0 Å². The normalized spacial score (nSPS) is 20.6. The summed E-state index contributed by atoms with van der Waals surface area (Å²) in [6.45, 7) is 3.70. The molecular formula is C14H17ClN2O. The third-order valence-corrected chi connectivity index (χ3v) is 3.67. The Morgan fingerprint density at radius 2 is 2.44 bits per heavy atom. The molecule has 1 saturated heterocycles. The first-order valence-electron chi connectivity index (χ1n) is 6.24. The van der Waals surface area contributed by atoms with Gasteiger partial charge in [0.15, 0.2) is 0 Å². The van der Waals surface area contributed by atoms with E-state index in [1.807, 2.05) is 6.07 Å². The number of nitrogens with zero attached hydrogens (tertiary/aromatic N) is 1. The van der Waals surface area contributed by atoms with Crippen molar-refractivity contribution in [2.75, 3.05) is 6.61 Å². The van der Waals surface area contributed by atoms with E-state index in [9.17, 15) is 0 Å². The van der Waals surface area contributed by atoms with E-state index in [2.05, 4.69) is 18.3 Å². The lowest BCUT2D eigenvalue weighted by atomic mass is 10.1. The summed E-state index contributed by atoms with van der Waals surface area (Å²) in [4.78, 5) is 0. The largest absolute Gasteiger partial charge is 0.377 e. The minimum atomic E-state index is 0.308. The number of halogens is 1. The smallest absolute Gasteiger partial charge is 0.0992 e. The zero-order chi connectivity index (χ0) is 13.0. The lowest BCUT2D eigenvalue weighted by molar-refractivity contribution is 0.0832. The van der Waals surface area contributed by atoms with Crippen molar-refractivity contribution in [3.05, 3.63) is 34.3 Å². The first-order valence-corrected chi connectivity index (χ1v) is 6.62. The van der Waals surface area contributed by atoms with E-state index in [0.29, 0.717) is 29.3 Å². The van der Waals surface area contributed by atoms with Gasteiger partial charge >= 0.3 is 0 Å². The number of benzene rings is 1. The van der Waals surface area contributed by atoms with Gasteiger partial charge < -0.3 is 10.1 Å². The summed E-state index contributed by atoms with van der Waals surface area (Å²) in [7, 11) is 0. The van der Waals surface area contributed by atoms with Gasteiger partial charge in [-0.3, -0.25) is 0 Å². The van der Waals surface area contributed by atoms with Crippen LogP contribution in [0, 0.1) is 11.3 Å². The monoisotopic (exact) mass is 264 g/mol. The molecule has 3 nitrogen and oxygen atoms in total. The molecule has 0 radical (unpaired) electrons. The minimum absolute atomic E-state index is 0.308. The van der Waals surface area contributed by atoms with E-state index in [4.69, 9.17) is 21.6 Å². The van der Waals surface area contributed by atoms with Crippen LogP contribution >= 0.6 is 11.6 Å². The van der Waals surface area contributed by atoms with Gasteiger partial charge in [0.25, 0.3) is 0 Å². The van der Waals surface area contributed by atoms with Gasteiger partial charge in [-0.05, 0) is 37.5 Å². The summed E-state index contributed by atoms with van der Waals surface area (Å²) in [5, 5.41) is 12.8. The van der Waals surface area contributed by atoms with Crippen LogP contribution < -0.4 is 5.32 Å². The van der Waals surface area contributed by atoms with Crippen LogP contribution in [0.4, 0.5) is 0 Å². The average molecular weight is 265 g/mol. The van der Waals surface area contributed by atoms with Gasteiger partial charge in [0.05, 0.1) is 17.7 Å². The van der Waals surface area contributed by atoms with Crippen molar-refractivity contribution >= 4 is 11.6 Å². The average Bonchev–Trinajstić information content (AvgIpc) is 2.90. The van der Waals surface area contributed by atoms with Crippen LogP contribution in [0.25, 0.3) is 0 Å². The number of ether oxygens (including phenoxy) is 1. The molecule has 1 aromatic carbocycles. The minimum Gasteiger partial charge on any atom is -0.377 e. The van der Waals surface area contributed by atoms with Crippen LogP contribution in [0.15, 0.2) is 18.2 Å². The second-order valence-corrected chi connectivity index (χ2v) is 5.05. The zero-order valence-electron chi connectivity index (χ0n) is 10.4. The third-order valence-electron chi connectivity index (χ3n) is 3.32. The van der Waals surface area contributed by atoms with Crippen molar-refractivity contribution in [3.8, 4) is 6.07 Å². The van der Waals surface area contributed by atoms with Gasteiger partial charge in [0, 0.05) is 24.2 Å². The van der Waals surface area contributed by atoms with E-state index in [1.165, 1.54) is 0 Å². The number of rotatable bonds is 4. The summed E-state index contributed by atoms with van der Waals surface area (Å²) in [5.74, 6) is 0. The molecular weight excluding hydrogens is 248 g/mol. The molecule has 4 heteroatoms. The van der Waals surface area contributed by atoms with Crippen LogP contribution in [-0.4, -0.2) is 18.8 Å². The molecule has 1 fully saturated rings. The summed E-state index contributed by atoms with van der Waals surface area (Å²) in [6.07, 6.45) is 2.57. The van der Waals surface area contributed by atoms with E-state index >= 15 is 0 Å². The molecule has 0 bridgehead atoms. The first-order chi connectivity index (χ1) is 8.70. The quantitative estimate of drug-likeness (QED) is 0.910. The Bertz CT molecular complexity index is 450. The summed E-state index contributed by atoms with van der Waals surface area (Å²) >= 11 is 6.13. The van der Waals surface area contributed by atoms with Crippen molar-refractivity contribution in [1.29, 1.82) is 5.26 Å². The SMILES string of the molecule is CC(NCc1ccc(C#N)cc1Cl)C1CCCO1. The lowest BCUT2D eigenvalue weighted by Crippen LogP contribution is -2.36. The van der Waals surface area contributed by atoms with E-state index in [-0.39, 0.29) is 0 Å². The molecule has 1 heterocycles. The fourth-order valence-electron chi connectivity index (χ4n) is 2.16. The number of nitrogens with one attached hydrogen (secondary N) is 1. The summed E-state index contributed by atoms with van der Waals surface area (Å²) < 4.78 is 5.63. The van der Waals surface area contributed by atoms with Gasteiger partial charge in [-0.15, -0.1) is 0 Å². The Balaban J connectivity index is 1.91. The Morgan fingerprint density at radius 3 is 3.06 bits per heavy atom. The summed E-state index contributed by atoms with van der Waals surface area (Å²) in [6, 6.07) is 7.79. The molecule has 0 saturated carbocycles. The van der Waals surface area contributed by atoms with Crippen LogP contribution in [0.5, 0.6) is 0 Å². The van der Waals surface area contributed by atoms with Gasteiger partial charge in [-0.1, -0.05) is 17.7 Å². The molecule has 96 valence electrons. The maximum Gasteiger partial charge on any atom is 0.0992 e. The number of nitriles is 1. The maximum atomic E-state index is 8.77. The second-order valence-electron chi connectivity index (χ2n) is 4.64. The zero-order valence-corrected chi connectivity index (χ0v) is 11.2. The molecule has 0 aromatic heterocycles. The van der Waals surface area contributed by atoms with Gasteiger partial charge in [0.1, 0.15) is 0 Å². The Hall–Kier alpha value is -1.08. The predicted octanol–water partition coefficient (Wildman–Crippen LogP) is 2.87. The van der Waals surface area contributed by atoms with Crippen molar-refractivity contribution < 1.29 is 4.74 Å². The van der Waals surface area contributed by atoms with Crippen molar-refractivity contribution in [1.82, 2.24) is 5.32 Å². The molecule has 1 aliphatic heterocycles. The first kappa shape index (κ1) is 13.4. The predicted molar refractivity (Wildman–Crippen MR) is 71.4 cm³/mol. The number of hydrogen-bond acceptors (Lipinski definition) is 3. The molecule has 0 aliphatic carbocycles. The van der Waals surface area contributed by atoms with E-state index in [0.717, 1.165) is 25.0 Å². The Kier molecular flexibility index (Phi) is 4.60. The third kappa shape index (κ3) is 3.23. The second kappa shape index (κ2) is 6.19. The molecule has 0 spiro atoms. The molecule has 18 heavy (non-hydrogen) atoms. The molecule has 1 N–H and O–H groups in total. The molecule has 2 unspecified atom stereocenters. The molecule has 1 aromatic rings. The Labute approximate surface area is 113 Å². The van der Waals surface area contributed by atoms with E-state index in [1.54, 1.807) is 12.1 Å².